The van der Waals surface area contributed by atoms with E-state index in [1.165, 1.54) is 22.3 Å². The van der Waals surface area contributed by atoms with Crippen molar-refractivity contribution < 1.29 is 23.7 Å². The summed E-state index contributed by atoms with van der Waals surface area (Å²) in [6.07, 6.45) is 10.7. The Morgan fingerprint density at radius 1 is 0.202 bits per heavy atom. The molecular formula is C82H80N2O5. The SMILES string of the molecule is C=Cc1ccc(COCCc2ccc(N(c3ccc(CCOCc4ccc(C=C)cc4)cc3)c3ccc(COCc4ccc(N(c5ccc(CCOCc6ccc(C=C)cc6)cc5)c5ccc(CCOCc6ccc(C=C)cc6)cc5)cc4)cc3)cc2)cc1. The molecule has 0 heterocycles. The number of ether oxygens (including phenoxy) is 5. The van der Waals surface area contributed by atoms with Crippen molar-refractivity contribution in [3.63, 3.8) is 0 Å². The largest absolute Gasteiger partial charge is 0.376 e. The van der Waals surface area contributed by atoms with Crippen LogP contribution in [0, 0.1) is 0 Å². The highest BCUT2D eigenvalue weighted by molar-refractivity contribution is 5.78. The molecule has 448 valence electrons. The standard InChI is InChI=1S/C82H80N2O5/c1-5-63-9-17-71(18-10-63)57-85-53-49-67-25-37-77(38-26-67)83(78-39-27-68(28-40-78)50-54-86-58-72-19-11-64(6-2)12-20-72)81-45-33-75(34-46-81)61-89-62-76-35-47-82(48-36-76)84(79-41-29-69(30-42-79)51-55-87-59-73-21-13-65(7-3)14-22-73)80-43-31-70(32-44-80)52-56-88-60-74-23-15-66(8-4)16-24-74/h5-48H,1-4,49-62H2. The monoisotopic (exact) mass is 1170 g/mol. The minimum Gasteiger partial charge on any atom is -0.376 e. The van der Waals surface area contributed by atoms with Gasteiger partial charge in [-0.1, -0.05) is 220 Å². The first-order chi connectivity index (χ1) is 43.9. The van der Waals surface area contributed by atoms with Crippen molar-refractivity contribution in [1.29, 1.82) is 0 Å². The lowest BCUT2D eigenvalue weighted by molar-refractivity contribution is 0.107. The van der Waals surface area contributed by atoms with Gasteiger partial charge < -0.3 is 33.5 Å². The molecule has 0 fully saturated rings. The lowest BCUT2D eigenvalue weighted by atomic mass is 10.1. The summed E-state index contributed by atoms with van der Waals surface area (Å²) in [6, 6.07) is 86.0. The fourth-order valence-electron chi connectivity index (χ4n) is 10.4. The van der Waals surface area contributed by atoms with Crippen LogP contribution in [0.4, 0.5) is 34.1 Å². The van der Waals surface area contributed by atoms with E-state index in [1.807, 2.05) is 24.3 Å². The topological polar surface area (TPSA) is 52.6 Å². The smallest absolute Gasteiger partial charge is 0.0721 e. The van der Waals surface area contributed by atoms with Crippen LogP contribution in [0.15, 0.2) is 269 Å². The second kappa shape index (κ2) is 33.1. The average molecular weight is 1170 g/mol. The van der Waals surface area contributed by atoms with Crippen molar-refractivity contribution in [2.45, 2.75) is 65.3 Å². The molecule has 0 aromatic heterocycles. The number of hydrogen-bond acceptors (Lipinski definition) is 7. The molecule has 10 rings (SSSR count). The van der Waals surface area contributed by atoms with Gasteiger partial charge in [0.25, 0.3) is 0 Å². The van der Waals surface area contributed by atoms with E-state index in [0.29, 0.717) is 66.1 Å². The van der Waals surface area contributed by atoms with Gasteiger partial charge in [-0.3, -0.25) is 0 Å². The maximum Gasteiger partial charge on any atom is 0.0721 e. The van der Waals surface area contributed by atoms with E-state index in [4.69, 9.17) is 23.7 Å². The van der Waals surface area contributed by atoms with Gasteiger partial charge in [-0.05, 0) is 176 Å². The predicted molar refractivity (Wildman–Crippen MR) is 370 cm³/mol. The molecule has 0 amide bonds. The van der Waals surface area contributed by atoms with Gasteiger partial charge in [0.15, 0.2) is 0 Å². The Kier molecular flexibility index (Phi) is 23.3. The third-order valence-electron chi connectivity index (χ3n) is 15.8. The molecule has 0 spiro atoms. The fourth-order valence-corrected chi connectivity index (χ4v) is 10.4. The highest BCUT2D eigenvalue weighted by atomic mass is 16.5. The molecule has 7 heteroatoms. The number of benzene rings is 10. The summed E-state index contributed by atoms with van der Waals surface area (Å²) in [6.45, 7) is 21.2. The van der Waals surface area contributed by atoms with E-state index in [-0.39, 0.29) is 0 Å². The molecule has 89 heavy (non-hydrogen) atoms. The molecule has 0 saturated heterocycles. The normalized spacial score (nSPS) is 11.1. The van der Waals surface area contributed by atoms with Crippen molar-refractivity contribution in [1.82, 2.24) is 0 Å². The molecule has 0 N–H and O–H groups in total. The number of rotatable bonds is 34. The molecule has 10 aromatic rings. The first-order valence-corrected chi connectivity index (χ1v) is 30.8. The number of nitrogens with zero attached hydrogens (tertiary/aromatic N) is 2. The predicted octanol–water partition coefficient (Wildman–Crippen LogP) is 20.0. The molecule has 10 aromatic carbocycles. The maximum atomic E-state index is 6.41. The molecule has 0 radical (unpaired) electrons. The molecule has 0 unspecified atom stereocenters. The van der Waals surface area contributed by atoms with Gasteiger partial charge in [0.1, 0.15) is 0 Å². The number of hydrogen-bond donors (Lipinski definition) is 0. The van der Waals surface area contributed by atoms with Gasteiger partial charge in [-0.15, -0.1) is 0 Å². The zero-order valence-corrected chi connectivity index (χ0v) is 51.1. The van der Waals surface area contributed by atoms with Crippen LogP contribution in [0.5, 0.6) is 0 Å². The summed E-state index contributed by atoms with van der Waals surface area (Å²) in [5.41, 5.74) is 22.5. The van der Waals surface area contributed by atoms with E-state index in [9.17, 15) is 0 Å². The van der Waals surface area contributed by atoms with E-state index >= 15 is 0 Å². The van der Waals surface area contributed by atoms with E-state index in [0.717, 1.165) is 115 Å². The van der Waals surface area contributed by atoms with Crippen molar-refractivity contribution in [3.8, 4) is 0 Å². The van der Waals surface area contributed by atoms with Gasteiger partial charge in [0, 0.05) is 34.1 Å². The van der Waals surface area contributed by atoms with Crippen LogP contribution in [0.25, 0.3) is 24.3 Å². The Morgan fingerprint density at radius 2 is 0.360 bits per heavy atom. The van der Waals surface area contributed by atoms with Crippen molar-refractivity contribution in [3.05, 3.63) is 347 Å². The maximum absolute atomic E-state index is 6.41. The molecule has 0 saturated carbocycles. The third-order valence-corrected chi connectivity index (χ3v) is 15.8. The second-order valence-electron chi connectivity index (χ2n) is 22.2. The minimum atomic E-state index is 0.475. The van der Waals surface area contributed by atoms with Crippen LogP contribution in [0.2, 0.25) is 0 Å². The van der Waals surface area contributed by atoms with E-state index in [1.54, 1.807) is 0 Å². The zero-order chi connectivity index (χ0) is 61.2. The Balaban J connectivity index is 0.774. The average Bonchev–Trinajstić information content (AvgIpc) is 2.36. The van der Waals surface area contributed by atoms with Crippen molar-refractivity contribution in [2.24, 2.45) is 0 Å². The van der Waals surface area contributed by atoms with Gasteiger partial charge in [-0.25, -0.2) is 0 Å². The molecule has 7 nitrogen and oxygen atoms in total. The minimum absolute atomic E-state index is 0.475. The molecule has 0 aliphatic rings. The first-order valence-electron chi connectivity index (χ1n) is 30.8. The summed E-state index contributed by atoms with van der Waals surface area (Å²) < 4.78 is 30.7. The van der Waals surface area contributed by atoms with Gasteiger partial charge in [-0.2, -0.15) is 0 Å². The third kappa shape index (κ3) is 18.8. The Morgan fingerprint density at radius 3 is 0.539 bits per heavy atom. The Bertz CT molecular complexity index is 3310. The van der Waals surface area contributed by atoms with E-state index < -0.39 is 0 Å². The summed E-state index contributed by atoms with van der Waals surface area (Å²) in [5.74, 6) is 0. The summed E-state index contributed by atoms with van der Waals surface area (Å²) in [4.78, 5) is 4.62. The van der Waals surface area contributed by atoms with Crippen molar-refractivity contribution in [2.75, 3.05) is 36.2 Å². The number of anilines is 6. The van der Waals surface area contributed by atoms with Crippen LogP contribution in [-0.2, 0) is 89.0 Å². The summed E-state index contributed by atoms with van der Waals surface area (Å²) >= 11 is 0. The van der Waals surface area contributed by atoms with E-state index in [2.05, 4.69) is 279 Å². The second-order valence-corrected chi connectivity index (χ2v) is 22.2. The quantitative estimate of drug-likeness (QED) is 0.0373. The van der Waals surface area contributed by atoms with Gasteiger partial charge in [0.2, 0.25) is 0 Å². The molecule has 0 atom stereocenters. The molecule has 0 bridgehead atoms. The highest BCUT2D eigenvalue weighted by Crippen LogP contribution is 2.37. The van der Waals surface area contributed by atoms with Crippen molar-refractivity contribution >= 4 is 58.4 Å². The molecule has 0 aliphatic carbocycles. The molecule has 0 aliphatic heterocycles. The first kappa shape index (κ1) is 62.6. The highest BCUT2D eigenvalue weighted by Gasteiger charge is 2.16. The summed E-state index contributed by atoms with van der Waals surface area (Å²) in [7, 11) is 0. The van der Waals surface area contributed by atoms with Crippen LogP contribution in [0.3, 0.4) is 0 Å². The summed E-state index contributed by atoms with van der Waals surface area (Å²) in [5, 5.41) is 0. The lowest BCUT2D eigenvalue weighted by Crippen LogP contribution is -2.11. The van der Waals surface area contributed by atoms with Crippen LogP contribution < -0.4 is 9.80 Å². The van der Waals surface area contributed by atoms with Crippen LogP contribution in [-0.4, -0.2) is 26.4 Å². The van der Waals surface area contributed by atoms with Gasteiger partial charge in [0.05, 0.1) is 66.1 Å². The van der Waals surface area contributed by atoms with Crippen LogP contribution in [0.1, 0.15) is 77.9 Å². The zero-order valence-electron chi connectivity index (χ0n) is 51.1. The van der Waals surface area contributed by atoms with Gasteiger partial charge >= 0.3 is 0 Å². The molecular weight excluding hydrogens is 1090 g/mol. The Hall–Kier alpha value is -9.44. The lowest BCUT2D eigenvalue weighted by Gasteiger charge is -2.26. The van der Waals surface area contributed by atoms with Crippen LogP contribution >= 0.6 is 0 Å². The Labute approximate surface area is 527 Å². The fraction of sp³-hybridized carbons (Fsp3) is 0.171.